The molecule has 0 spiro atoms. The van der Waals surface area contributed by atoms with Gasteiger partial charge in [0, 0.05) is 42.7 Å². The average molecular weight is 397 g/mol. The monoisotopic (exact) mass is 396 g/mol. The minimum Gasteiger partial charge on any atom is -0.368 e. The van der Waals surface area contributed by atoms with Gasteiger partial charge in [0.15, 0.2) is 0 Å². The number of amides is 2. The largest absolute Gasteiger partial charge is 0.368 e. The van der Waals surface area contributed by atoms with E-state index in [1.807, 2.05) is 22.8 Å². The summed E-state index contributed by atoms with van der Waals surface area (Å²) in [5.74, 6) is 0.232. The maximum absolute atomic E-state index is 12.9. The van der Waals surface area contributed by atoms with Crippen LogP contribution >= 0.6 is 0 Å². The first-order valence-electron chi connectivity index (χ1n) is 11.0. The van der Waals surface area contributed by atoms with Crippen LogP contribution in [0.25, 0.3) is 10.9 Å². The molecule has 6 nitrogen and oxygen atoms in total. The van der Waals surface area contributed by atoms with Gasteiger partial charge in [-0.2, -0.15) is 0 Å². The maximum Gasteiger partial charge on any atom is 0.237 e. The Balaban J connectivity index is 1.38. The number of rotatable bonds is 5. The molecule has 0 aliphatic carbocycles. The smallest absolute Gasteiger partial charge is 0.237 e. The molecule has 0 atom stereocenters. The molecule has 156 valence electrons. The number of para-hydroxylation sites is 1. The highest BCUT2D eigenvalue weighted by Crippen LogP contribution is 2.26. The fourth-order valence-corrected chi connectivity index (χ4v) is 4.88. The summed E-state index contributed by atoms with van der Waals surface area (Å²) in [5.41, 5.74) is 7.69. The topological polar surface area (TPSA) is 71.6 Å². The van der Waals surface area contributed by atoms with E-state index in [4.69, 9.17) is 5.73 Å². The van der Waals surface area contributed by atoms with Gasteiger partial charge in [-0.05, 0) is 50.4 Å². The molecule has 2 fully saturated rings. The zero-order valence-electron chi connectivity index (χ0n) is 17.2. The molecule has 2 N–H and O–H groups in total. The SMILES string of the molecule is NC(=O)Cn1cc(CN2CCC(C(=O)N3CCCCCC3)CC2)c2ccccc21. The Kier molecular flexibility index (Phi) is 6.19. The number of likely N-dealkylation sites (tertiary alicyclic amines) is 2. The van der Waals surface area contributed by atoms with Crippen LogP contribution in [0.15, 0.2) is 30.5 Å². The Morgan fingerprint density at radius 2 is 1.66 bits per heavy atom. The van der Waals surface area contributed by atoms with Crippen molar-refractivity contribution < 1.29 is 9.59 Å². The molecular weight excluding hydrogens is 364 g/mol. The minimum atomic E-state index is -0.329. The van der Waals surface area contributed by atoms with E-state index in [2.05, 4.69) is 22.1 Å². The van der Waals surface area contributed by atoms with E-state index in [1.54, 1.807) is 0 Å². The lowest BCUT2D eigenvalue weighted by Gasteiger charge is -2.34. The van der Waals surface area contributed by atoms with Crippen molar-refractivity contribution in [3.63, 3.8) is 0 Å². The number of nitrogens with two attached hydrogens (primary N) is 1. The van der Waals surface area contributed by atoms with Gasteiger partial charge in [-0.15, -0.1) is 0 Å². The Bertz CT molecular complexity index is 859. The normalized spacial score (nSPS) is 19.4. The number of carbonyl (C=O) groups excluding carboxylic acids is 2. The van der Waals surface area contributed by atoms with Crippen LogP contribution in [0.2, 0.25) is 0 Å². The molecule has 2 saturated heterocycles. The highest BCUT2D eigenvalue weighted by Gasteiger charge is 2.29. The van der Waals surface area contributed by atoms with Crippen molar-refractivity contribution in [3.8, 4) is 0 Å². The van der Waals surface area contributed by atoms with Gasteiger partial charge in [-0.3, -0.25) is 14.5 Å². The Labute approximate surface area is 172 Å². The first kappa shape index (κ1) is 20.0. The molecule has 1 aromatic heterocycles. The van der Waals surface area contributed by atoms with Gasteiger partial charge in [-0.1, -0.05) is 31.0 Å². The third-order valence-electron chi connectivity index (χ3n) is 6.45. The lowest BCUT2D eigenvalue weighted by atomic mass is 9.94. The zero-order chi connectivity index (χ0) is 20.2. The van der Waals surface area contributed by atoms with Crippen LogP contribution in [0.5, 0.6) is 0 Å². The van der Waals surface area contributed by atoms with Gasteiger partial charge in [-0.25, -0.2) is 0 Å². The molecule has 0 saturated carbocycles. The number of aromatic nitrogens is 1. The summed E-state index contributed by atoms with van der Waals surface area (Å²) in [7, 11) is 0. The highest BCUT2D eigenvalue weighted by molar-refractivity contribution is 5.86. The lowest BCUT2D eigenvalue weighted by molar-refractivity contribution is -0.137. The Hall–Kier alpha value is -2.34. The summed E-state index contributed by atoms with van der Waals surface area (Å²) in [6.45, 7) is 4.82. The molecular formula is C23H32N4O2. The molecule has 2 aliphatic rings. The van der Waals surface area contributed by atoms with Crippen molar-refractivity contribution in [2.75, 3.05) is 26.2 Å². The van der Waals surface area contributed by atoms with Crippen molar-refractivity contribution in [1.82, 2.24) is 14.4 Å². The summed E-state index contributed by atoms with van der Waals surface area (Å²) < 4.78 is 1.95. The van der Waals surface area contributed by atoms with Crippen LogP contribution in [0.1, 0.15) is 44.1 Å². The average Bonchev–Trinajstić information content (AvgIpc) is 2.90. The third kappa shape index (κ3) is 4.64. The van der Waals surface area contributed by atoms with E-state index >= 15 is 0 Å². The number of piperidine rings is 1. The van der Waals surface area contributed by atoms with Crippen LogP contribution in [-0.2, 0) is 22.7 Å². The van der Waals surface area contributed by atoms with Crippen molar-refractivity contribution in [1.29, 1.82) is 0 Å². The van der Waals surface area contributed by atoms with E-state index in [1.165, 1.54) is 23.8 Å². The van der Waals surface area contributed by atoms with Crippen LogP contribution in [0, 0.1) is 5.92 Å². The van der Waals surface area contributed by atoms with Crippen molar-refractivity contribution in [2.24, 2.45) is 11.7 Å². The highest BCUT2D eigenvalue weighted by atomic mass is 16.2. The number of carbonyl (C=O) groups is 2. The number of hydrogen-bond acceptors (Lipinski definition) is 3. The van der Waals surface area contributed by atoms with Gasteiger partial charge in [0.2, 0.25) is 11.8 Å². The van der Waals surface area contributed by atoms with Gasteiger partial charge in [0.1, 0.15) is 6.54 Å². The minimum absolute atomic E-state index is 0.181. The van der Waals surface area contributed by atoms with Gasteiger partial charge < -0.3 is 15.2 Å². The fourth-order valence-electron chi connectivity index (χ4n) is 4.88. The first-order chi connectivity index (χ1) is 14.1. The van der Waals surface area contributed by atoms with Crippen LogP contribution in [-0.4, -0.2) is 52.4 Å². The van der Waals surface area contributed by atoms with E-state index in [9.17, 15) is 9.59 Å². The van der Waals surface area contributed by atoms with E-state index in [0.29, 0.717) is 5.91 Å². The lowest BCUT2D eigenvalue weighted by Crippen LogP contribution is -2.42. The third-order valence-corrected chi connectivity index (χ3v) is 6.45. The summed E-state index contributed by atoms with van der Waals surface area (Å²) in [5, 5.41) is 1.18. The van der Waals surface area contributed by atoms with E-state index in [-0.39, 0.29) is 18.4 Å². The number of fused-ring (bicyclic) bond motifs is 1. The van der Waals surface area contributed by atoms with Gasteiger partial charge in [0.05, 0.1) is 0 Å². The van der Waals surface area contributed by atoms with Crippen LogP contribution < -0.4 is 5.73 Å². The molecule has 2 aliphatic heterocycles. The van der Waals surface area contributed by atoms with E-state index < -0.39 is 0 Å². The Morgan fingerprint density at radius 3 is 2.34 bits per heavy atom. The summed E-state index contributed by atoms with van der Waals surface area (Å²) in [4.78, 5) is 28.9. The number of primary amides is 1. The molecule has 0 radical (unpaired) electrons. The molecule has 4 rings (SSSR count). The number of nitrogens with zero attached hydrogens (tertiary/aromatic N) is 3. The predicted molar refractivity (Wildman–Crippen MR) is 114 cm³/mol. The van der Waals surface area contributed by atoms with Crippen LogP contribution in [0.4, 0.5) is 0 Å². The Morgan fingerprint density at radius 1 is 0.966 bits per heavy atom. The number of hydrogen-bond donors (Lipinski definition) is 1. The summed E-state index contributed by atoms with van der Waals surface area (Å²) >= 11 is 0. The molecule has 2 aromatic rings. The second kappa shape index (κ2) is 8.99. The van der Waals surface area contributed by atoms with Crippen molar-refractivity contribution >= 4 is 22.7 Å². The second-order valence-corrected chi connectivity index (χ2v) is 8.56. The zero-order valence-corrected chi connectivity index (χ0v) is 17.2. The quantitative estimate of drug-likeness (QED) is 0.845. The van der Waals surface area contributed by atoms with Crippen molar-refractivity contribution in [2.45, 2.75) is 51.6 Å². The summed E-state index contributed by atoms with van der Waals surface area (Å²) in [6.07, 6.45) is 8.76. The van der Waals surface area contributed by atoms with Crippen molar-refractivity contribution in [3.05, 3.63) is 36.0 Å². The molecule has 0 unspecified atom stereocenters. The molecule has 6 heteroatoms. The molecule has 1 aromatic carbocycles. The standard InChI is InChI=1S/C23H32N4O2/c24-22(28)17-27-16-19(20-7-3-4-8-21(20)27)15-25-13-9-18(10-14-25)23(29)26-11-5-1-2-6-12-26/h3-4,7-8,16,18H,1-2,5-6,9-15,17H2,(H2,24,28). The van der Waals surface area contributed by atoms with Crippen LogP contribution in [0.3, 0.4) is 0 Å². The van der Waals surface area contributed by atoms with Gasteiger partial charge in [0.25, 0.3) is 0 Å². The number of benzene rings is 1. The maximum atomic E-state index is 12.9. The fraction of sp³-hybridized carbons (Fsp3) is 0.565. The first-order valence-corrected chi connectivity index (χ1v) is 11.0. The molecule has 3 heterocycles. The second-order valence-electron chi connectivity index (χ2n) is 8.56. The summed E-state index contributed by atoms with van der Waals surface area (Å²) in [6, 6.07) is 8.17. The van der Waals surface area contributed by atoms with E-state index in [0.717, 1.165) is 63.9 Å². The molecule has 0 bridgehead atoms. The molecule has 29 heavy (non-hydrogen) atoms. The van der Waals surface area contributed by atoms with Gasteiger partial charge >= 0.3 is 0 Å². The predicted octanol–water partition coefficient (Wildman–Crippen LogP) is 2.74. The molecule has 2 amide bonds.